The normalized spacial score (nSPS) is 15.1. The Balaban J connectivity index is 2.10. The highest BCUT2D eigenvalue weighted by atomic mass is 16.2. The smallest absolute Gasteiger partial charge is 0.272 e. The summed E-state index contributed by atoms with van der Waals surface area (Å²) in [6, 6.07) is 1.71. The maximum atomic E-state index is 11.9. The zero-order chi connectivity index (χ0) is 12.0. The number of fused-ring (bicyclic) bond motifs is 1. The maximum Gasteiger partial charge on any atom is 0.272 e. The fraction of sp³-hybridized carbons (Fsp3) is 0.364. The number of aromatic nitrogens is 3. The molecule has 88 valence electrons. The van der Waals surface area contributed by atoms with Crippen molar-refractivity contribution < 1.29 is 4.79 Å². The lowest BCUT2D eigenvalue weighted by atomic mass is 10.3. The zero-order valence-electron chi connectivity index (χ0n) is 9.36. The molecule has 0 aliphatic heterocycles. The van der Waals surface area contributed by atoms with Crippen LogP contribution in [0.4, 0.5) is 0 Å². The van der Waals surface area contributed by atoms with Crippen LogP contribution in [0.15, 0.2) is 17.1 Å². The number of hydrogen-bond acceptors (Lipinski definition) is 3. The van der Waals surface area contributed by atoms with E-state index in [0.29, 0.717) is 16.9 Å². The van der Waals surface area contributed by atoms with Gasteiger partial charge in [-0.2, -0.15) is 0 Å². The molecule has 2 heterocycles. The molecule has 0 spiro atoms. The van der Waals surface area contributed by atoms with Crippen molar-refractivity contribution in [3.8, 4) is 0 Å². The number of rotatable bonds is 2. The van der Waals surface area contributed by atoms with Crippen LogP contribution in [0.25, 0.3) is 5.65 Å². The van der Waals surface area contributed by atoms with Crippen LogP contribution < -0.4 is 10.9 Å². The van der Waals surface area contributed by atoms with Crippen molar-refractivity contribution in [3.05, 3.63) is 33.9 Å². The largest absolute Gasteiger partial charge is 0.349 e. The molecule has 1 saturated carbocycles. The Hall–Kier alpha value is -2.11. The first-order valence-corrected chi connectivity index (χ1v) is 5.54. The molecule has 3 rings (SSSR count). The number of nitrogens with one attached hydrogen (secondary N) is 2. The molecule has 0 bridgehead atoms. The Labute approximate surface area is 96.6 Å². The quantitative estimate of drug-likeness (QED) is 0.777. The molecule has 17 heavy (non-hydrogen) atoms. The number of H-pyrrole nitrogens is 1. The van der Waals surface area contributed by atoms with Crippen molar-refractivity contribution in [1.82, 2.24) is 19.9 Å². The van der Waals surface area contributed by atoms with Crippen molar-refractivity contribution in [2.24, 2.45) is 0 Å². The lowest BCUT2D eigenvalue weighted by Gasteiger charge is -2.00. The van der Waals surface area contributed by atoms with Crippen LogP contribution in [0, 0.1) is 6.92 Å². The van der Waals surface area contributed by atoms with E-state index >= 15 is 0 Å². The molecular weight excluding hydrogens is 220 g/mol. The van der Waals surface area contributed by atoms with Gasteiger partial charge in [0.15, 0.2) is 5.65 Å². The molecule has 2 aromatic heterocycles. The van der Waals surface area contributed by atoms with Gasteiger partial charge in [0, 0.05) is 24.0 Å². The number of aryl methyl sites for hydroxylation is 1. The second-order valence-electron chi connectivity index (χ2n) is 4.33. The summed E-state index contributed by atoms with van der Waals surface area (Å²) in [5.74, 6) is -0.177. The summed E-state index contributed by atoms with van der Waals surface area (Å²) in [5.41, 5.74) is 1.19. The SMILES string of the molecule is Cc1cc(=O)n2[nH]cc(C(=O)NC3CC3)c2n1. The topological polar surface area (TPSA) is 79.3 Å². The molecule has 1 aliphatic carbocycles. The van der Waals surface area contributed by atoms with E-state index in [0.717, 1.165) is 12.8 Å². The fourth-order valence-electron chi connectivity index (χ4n) is 1.75. The molecule has 2 aromatic rings. The summed E-state index contributed by atoms with van der Waals surface area (Å²) in [6.45, 7) is 1.73. The summed E-state index contributed by atoms with van der Waals surface area (Å²) in [6.07, 6.45) is 3.57. The molecule has 1 amide bonds. The van der Waals surface area contributed by atoms with Crippen molar-refractivity contribution in [1.29, 1.82) is 0 Å². The Morgan fingerprint density at radius 2 is 2.35 bits per heavy atom. The van der Waals surface area contributed by atoms with Gasteiger partial charge in [0.1, 0.15) is 5.56 Å². The Morgan fingerprint density at radius 3 is 3.06 bits per heavy atom. The second kappa shape index (κ2) is 3.44. The molecule has 0 radical (unpaired) electrons. The second-order valence-corrected chi connectivity index (χ2v) is 4.33. The van der Waals surface area contributed by atoms with Gasteiger partial charge < -0.3 is 5.32 Å². The van der Waals surface area contributed by atoms with Gasteiger partial charge in [0.25, 0.3) is 11.5 Å². The van der Waals surface area contributed by atoms with Crippen LogP contribution in [-0.2, 0) is 0 Å². The molecule has 1 fully saturated rings. The first-order chi connectivity index (χ1) is 8.15. The van der Waals surface area contributed by atoms with Crippen LogP contribution >= 0.6 is 0 Å². The van der Waals surface area contributed by atoms with Gasteiger partial charge in [-0.05, 0) is 19.8 Å². The highest BCUT2D eigenvalue weighted by Crippen LogP contribution is 2.19. The average molecular weight is 232 g/mol. The maximum absolute atomic E-state index is 11.9. The van der Waals surface area contributed by atoms with Crippen LogP contribution in [0.3, 0.4) is 0 Å². The molecule has 6 nitrogen and oxygen atoms in total. The van der Waals surface area contributed by atoms with Gasteiger partial charge >= 0.3 is 0 Å². The molecule has 0 atom stereocenters. The minimum absolute atomic E-state index is 0.177. The highest BCUT2D eigenvalue weighted by molar-refractivity contribution is 5.99. The first-order valence-electron chi connectivity index (χ1n) is 5.54. The third-order valence-corrected chi connectivity index (χ3v) is 2.78. The standard InChI is InChI=1S/C11H12N4O2/c1-6-4-9(16)15-10(13-6)8(5-12-15)11(17)14-7-2-3-7/h4-5,7,12H,2-3H2,1H3,(H,14,17). The summed E-state index contributed by atoms with van der Waals surface area (Å²) in [7, 11) is 0. The van der Waals surface area contributed by atoms with Crippen molar-refractivity contribution in [3.63, 3.8) is 0 Å². The lowest BCUT2D eigenvalue weighted by Crippen LogP contribution is -2.25. The van der Waals surface area contributed by atoms with Crippen LogP contribution in [0.2, 0.25) is 0 Å². The zero-order valence-corrected chi connectivity index (χ0v) is 9.36. The summed E-state index contributed by atoms with van der Waals surface area (Å²) < 4.78 is 1.27. The van der Waals surface area contributed by atoms with Crippen molar-refractivity contribution in [2.75, 3.05) is 0 Å². The van der Waals surface area contributed by atoms with Crippen molar-refractivity contribution in [2.45, 2.75) is 25.8 Å². The molecular formula is C11H12N4O2. The molecule has 0 unspecified atom stereocenters. The first kappa shape index (κ1) is 10.1. The van der Waals surface area contributed by atoms with Gasteiger partial charge in [-0.15, -0.1) is 0 Å². The minimum Gasteiger partial charge on any atom is -0.349 e. The van der Waals surface area contributed by atoms with E-state index < -0.39 is 0 Å². The molecule has 6 heteroatoms. The third-order valence-electron chi connectivity index (χ3n) is 2.78. The Morgan fingerprint density at radius 1 is 1.59 bits per heavy atom. The van der Waals surface area contributed by atoms with Crippen LogP contribution in [-0.4, -0.2) is 26.5 Å². The third kappa shape index (κ3) is 1.71. The van der Waals surface area contributed by atoms with Crippen LogP contribution in [0.1, 0.15) is 28.9 Å². The van der Waals surface area contributed by atoms with Gasteiger partial charge in [0.05, 0.1) is 0 Å². The number of hydrogen-bond donors (Lipinski definition) is 2. The van der Waals surface area contributed by atoms with Crippen molar-refractivity contribution >= 4 is 11.6 Å². The van der Waals surface area contributed by atoms with Gasteiger partial charge in [-0.3, -0.25) is 14.7 Å². The number of carbonyl (C=O) groups is 1. The lowest BCUT2D eigenvalue weighted by molar-refractivity contribution is 0.0952. The predicted octanol–water partition coefficient (Wildman–Crippen LogP) is 0.223. The van der Waals surface area contributed by atoms with E-state index in [2.05, 4.69) is 15.4 Å². The molecule has 0 aromatic carbocycles. The molecule has 0 saturated heterocycles. The molecule has 1 aliphatic rings. The molecule has 2 N–H and O–H groups in total. The number of carbonyl (C=O) groups excluding carboxylic acids is 1. The Bertz CT molecular complexity index is 651. The van der Waals surface area contributed by atoms with Gasteiger partial charge in [0.2, 0.25) is 0 Å². The van der Waals surface area contributed by atoms with Gasteiger partial charge in [-0.1, -0.05) is 0 Å². The van der Waals surface area contributed by atoms with Crippen LogP contribution in [0.5, 0.6) is 0 Å². The van der Waals surface area contributed by atoms with E-state index in [1.54, 1.807) is 6.92 Å². The monoisotopic (exact) mass is 232 g/mol. The number of aromatic amines is 1. The Kier molecular flexibility index (Phi) is 2.04. The van der Waals surface area contributed by atoms with E-state index in [9.17, 15) is 9.59 Å². The van der Waals surface area contributed by atoms with Gasteiger partial charge in [-0.25, -0.2) is 9.50 Å². The fourth-order valence-corrected chi connectivity index (χ4v) is 1.75. The number of nitrogens with zero attached hydrogens (tertiary/aromatic N) is 2. The summed E-state index contributed by atoms with van der Waals surface area (Å²) in [5, 5.41) is 5.61. The van der Waals surface area contributed by atoms with E-state index in [1.165, 1.54) is 16.8 Å². The predicted molar refractivity (Wildman–Crippen MR) is 61.0 cm³/mol. The highest BCUT2D eigenvalue weighted by Gasteiger charge is 2.25. The minimum atomic E-state index is -0.210. The summed E-state index contributed by atoms with van der Waals surface area (Å²) in [4.78, 5) is 27.8. The summed E-state index contributed by atoms with van der Waals surface area (Å²) >= 11 is 0. The van der Waals surface area contributed by atoms with E-state index in [1.807, 2.05) is 0 Å². The average Bonchev–Trinajstić information content (AvgIpc) is 2.95. The number of amides is 1. The van der Waals surface area contributed by atoms with E-state index in [-0.39, 0.29) is 17.5 Å². The van der Waals surface area contributed by atoms with E-state index in [4.69, 9.17) is 0 Å².